The minimum atomic E-state index is -2.38. The van der Waals surface area contributed by atoms with E-state index in [1.54, 1.807) is 13.3 Å². The first-order valence-corrected chi connectivity index (χ1v) is 7.57. The Balaban J connectivity index is 3.36. The van der Waals surface area contributed by atoms with Crippen molar-refractivity contribution in [2.75, 3.05) is 13.3 Å². The average Bonchev–Trinajstić information content (AvgIpc) is 1.99. The maximum absolute atomic E-state index is 13.4. The van der Waals surface area contributed by atoms with E-state index in [9.17, 15) is 8.96 Å². The van der Waals surface area contributed by atoms with E-state index in [-0.39, 0.29) is 11.2 Å². The lowest BCUT2D eigenvalue weighted by Gasteiger charge is -2.21. The molecule has 0 unspecified atom stereocenters. The first-order chi connectivity index (χ1) is 6.60. The van der Waals surface area contributed by atoms with Crippen LogP contribution in [0.3, 0.4) is 0 Å². The van der Waals surface area contributed by atoms with Gasteiger partial charge in [0.15, 0.2) is 0 Å². The van der Waals surface area contributed by atoms with Crippen molar-refractivity contribution >= 4 is 12.4 Å². The van der Waals surface area contributed by atoms with Crippen molar-refractivity contribution < 1.29 is 8.96 Å². The van der Waals surface area contributed by atoms with E-state index < -0.39 is 7.14 Å². The molecule has 1 aromatic rings. The smallest absolute Gasteiger partial charge is 0.124 e. The molecular formula is C12H18FOP. The molecule has 0 N–H and O–H groups in total. The van der Waals surface area contributed by atoms with Crippen LogP contribution in [0.5, 0.6) is 0 Å². The zero-order valence-electron chi connectivity index (χ0n) is 9.97. The topological polar surface area (TPSA) is 17.1 Å². The normalized spacial score (nSPS) is 12.9. The van der Waals surface area contributed by atoms with Crippen LogP contribution in [0.25, 0.3) is 0 Å². The van der Waals surface area contributed by atoms with Crippen LogP contribution in [0.15, 0.2) is 18.2 Å². The highest BCUT2D eigenvalue weighted by Gasteiger charge is 2.19. The van der Waals surface area contributed by atoms with Crippen molar-refractivity contribution in [2.45, 2.75) is 26.2 Å². The fourth-order valence-corrected chi connectivity index (χ4v) is 2.20. The summed E-state index contributed by atoms with van der Waals surface area (Å²) in [4.78, 5) is 0. The van der Waals surface area contributed by atoms with E-state index in [1.807, 2.05) is 26.8 Å². The quantitative estimate of drug-likeness (QED) is 0.673. The molecule has 1 nitrogen and oxygen atoms in total. The summed E-state index contributed by atoms with van der Waals surface area (Å²) in [6, 6.07) is 4.74. The molecule has 15 heavy (non-hydrogen) atoms. The van der Waals surface area contributed by atoms with Crippen LogP contribution in [-0.2, 0) is 9.98 Å². The first-order valence-electron chi connectivity index (χ1n) is 4.97. The van der Waals surface area contributed by atoms with Crippen molar-refractivity contribution in [2.24, 2.45) is 0 Å². The van der Waals surface area contributed by atoms with Crippen LogP contribution in [0.4, 0.5) is 4.39 Å². The maximum atomic E-state index is 13.4. The molecule has 0 saturated carbocycles. The maximum Gasteiger partial charge on any atom is 0.124 e. The van der Waals surface area contributed by atoms with E-state index in [2.05, 4.69) is 0 Å². The van der Waals surface area contributed by atoms with Gasteiger partial charge in [-0.2, -0.15) is 0 Å². The third kappa shape index (κ3) is 3.17. The van der Waals surface area contributed by atoms with E-state index in [0.717, 1.165) is 5.56 Å². The van der Waals surface area contributed by atoms with Gasteiger partial charge in [0.1, 0.15) is 13.0 Å². The van der Waals surface area contributed by atoms with Gasteiger partial charge in [-0.25, -0.2) is 4.39 Å². The number of halogens is 1. The zero-order valence-corrected chi connectivity index (χ0v) is 10.9. The van der Waals surface area contributed by atoms with Gasteiger partial charge in [0.25, 0.3) is 0 Å². The number of hydrogen-bond donors (Lipinski definition) is 0. The number of rotatable bonds is 1. The second-order valence-electron chi connectivity index (χ2n) is 5.30. The second-order valence-corrected chi connectivity index (χ2v) is 8.52. The zero-order chi connectivity index (χ0) is 11.9. The van der Waals surface area contributed by atoms with Crippen LogP contribution in [0.2, 0.25) is 0 Å². The van der Waals surface area contributed by atoms with Crippen LogP contribution in [0, 0.1) is 5.82 Å². The van der Waals surface area contributed by atoms with E-state index in [4.69, 9.17) is 0 Å². The Kier molecular flexibility index (Phi) is 3.11. The van der Waals surface area contributed by atoms with Crippen molar-refractivity contribution in [1.82, 2.24) is 0 Å². The van der Waals surface area contributed by atoms with Gasteiger partial charge in [-0.1, -0.05) is 20.8 Å². The first kappa shape index (κ1) is 12.4. The van der Waals surface area contributed by atoms with E-state index in [0.29, 0.717) is 5.30 Å². The molecule has 0 aliphatic rings. The molecule has 0 amide bonds. The van der Waals surface area contributed by atoms with Crippen LogP contribution in [-0.4, -0.2) is 13.3 Å². The van der Waals surface area contributed by atoms with Gasteiger partial charge in [0.05, 0.1) is 0 Å². The molecule has 1 rings (SSSR count). The Labute approximate surface area is 91.1 Å². The number of benzene rings is 1. The summed E-state index contributed by atoms with van der Waals surface area (Å²) in [5.74, 6) is -0.304. The molecule has 3 heteroatoms. The number of hydrogen-bond acceptors (Lipinski definition) is 1. The molecule has 0 saturated heterocycles. The third-order valence-electron chi connectivity index (χ3n) is 2.37. The van der Waals surface area contributed by atoms with Crippen LogP contribution in [0.1, 0.15) is 26.3 Å². The lowest BCUT2D eigenvalue weighted by Crippen LogP contribution is -2.16. The molecule has 0 aliphatic heterocycles. The van der Waals surface area contributed by atoms with Gasteiger partial charge in [-0.15, -0.1) is 0 Å². The minimum absolute atomic E-state index is 0.119. The van der Waals surface area contributed by atoms with Crippen LogP contribution >= 0.6 is 7.14 Å². The third-order valence-corrected chi connectivity index (χ3v) is 3.87. The van der Waals surface area contributed by atoms with Crippen molar-refractivity contribution in [3.05, 3.63) is 29.6 Å². The van der Waals surface area contributed by atoms with Gasteiger partial charge in [-0.3, -0.25) is 0 Å². The minimum Gasteiger partial charge on any atom is -0.319 e. The molecule has 0 atom stereocenters. The molecule has 0 heterocycles. The monoisotopic (exact) mass is 228 g/mol. The molecule has 0 aliphatic carbocycles. The Hall–Kier alpha value is -0.620. The SMILES string of the molecule is CC(C)(C)c1cc(F)cc(P(C)(C)=O)c1. The summed E-state index contributed by atoms with van der Waals surface area (Å²) in [6.07, 6.45) is 0. The Morgan fingerprint density at radius 1 is 1.13 bits per heavy atom. The second kappa shape index (κ2) is 3.75. The van der Waals surface area contributed by atoms with E-state index >= 15 is 0 Å². The summed E-state index contributed by atoms with van der Waals surface area (Å²) in [7, 11) is -2.38. The standard InChI is InChI=1S/C12H18FOP/c1-12(2,3)9-6-10(13)8-11(7-9)15(4,5)14/h6-8H,1-5H3. The highest BCUT2D eigenvalue weighted by Crippen LogP contribution is 2.36. The molecule has 84 valence electrons. The largest absolute Gasteiger partial charge is 0.319 e. The Morgan fingerprint density at radius 3 is 2.07 bits per heavy atom. The van der Waals surface area contributed by atoms with Gasteiger partial charge in [-0.05, 0) is 42.5 Å². The molecular weight excluding hydrogens is 210 g/mol. The van der Waals surface area contributed by atoms with Crippen molar-refractivity contribution in [3.63, 3.8) is 0 Å². The predicted octanol–water partition coefficient (Wildman–Crippen LogP) is 3.37. The lowest BCUT2D eigenvalue weighted by atomic mass is 9.87. The van der Waals surface area contributed by atoms with Gasteiger partial charge in [0, 0.05) is 5.30 Å². The van der Waals surface area contributed by atoms with Crippen molar-refractivity contribution in [3.8, 4) is 0 Å². The summed E-state index contributed by atoms with van der Waals surface area (Å²) in [5, 5.41) is 0.618. The molecule has 0 spiro atoms. The fourth-order valence-electron chi connectivity index (χ4n) is 1.32. The highest BCUT2D eigenvalue weighted by atomic mass is 31.2. The molecule has 0 aromatic heterocycles. The summed E-state index contributed by atoms with van der Waals surface area (Å²) >= 11 is 0. The molecule has 1 aromatic carbocycles. The molecule has 0 bridgehead atoms. The molecule has 0 radical (unpaired) electrons. The summed E-state index contributed by atoms with van der Waals surface area (Å²) in [5.41, 5.74) is 0.771. The Morgan fingerprint density at radius 2 is 1.67 bits per heavy atom. The summed E-state index contributed by atoms with van der Waals surface area (Å²) < 4.78 is 25.2. The summed E-state index contributed by atoms with van der Waals surface area (Å²) in [6.45, 7) is 9.37. The average molecular weight is 228 g/mol. The van der Waals surface area contributed by atoms with Gasteiger partial charge < -0.3 is 4.57 Å². The fraction of sp³-hybridized carbons (Fsp3) is 0.500. The van der Waals surface area contributed by atoms with E-state index in [1.165, 1.54) is 12.1 Å². The van der Waals surface area contributed by atoms with Crippen molar-refractivity contribution in [1.29, 1.82) is 0 Å². The lowest BCUT2D eigenvalue weighted by molar-refractivity contribution is 0.571. The van der Waals surface area contributed by atoms with Gasteiger partial charge >= 0.3 is 0 Å². The predicted molar refractivity (Wildman–Crippen MR) is 64.2 cm³/mol. The van der Waals surface area contributed by atoms with Gasteiger partial charge in [0.2, 0.25) is 0 Å². The highest BCUT2D eigenvalue weighted by molar-refractivity contribution is 7.70. The Bertz CT molecular complexity index is 412. The molecule has 0 fully saturated rings. The van der Waals surface area contributed by atoms with Crippen LogP contribution < -0.4 is 5.30 Å².